The molecule has 1 aliphatic rings. The van der Waals surface area contributed by atoms with Crippen molar-refractivity contribution in [1.29, 1.82) is 0 Å². The highest BCUT2D eigenvalue weighted by atomic mass is 32.1. The Morgan fingerprint density at radius 2 is 1.73 bits per heavy atom. The summed E-state index contributed by atoms with van der Waals surface area (Å²) in [6, 6.07) is 8.75. The number of anilines is 1. The van der Waals surface area contributed by atoms with Gasteiger partial charge in [-0.25, -0.2) is 9.78 Å². The van der Waals surface area contributed by atoms with Gasteiger partial charge in [0, 0.05) is 5.56 Å². The van der Waals surface area contributed by atoms with Gasteiger partial charge in [-0.2, -0.15) is 0 Å². The van der Waals surface area contributed by atoms with E-state index in [4.69, 9.17) is 18.9 Å². The lowest BCUT2D eigenvalue weighted by Crippen LogP contribution is -2.29. The van der Waals surface area contributed by atoms with E-state index < -0.39 is 23.7 Å². The van der Waals surface area contributed by atoms with E-state index in [0.717, 1.165) is 16.9 Å². The van der Waals surface area contributed by atoms with Crippen LogP contribution < -0.4 is 19.1 Å². The summed E-state index contributed by atoms with van der Waals surface area (Å²) in [5.41, 5.74) is 1.68. The summed E-state index contributed by atoms with van der Waals surface area (Å²) in [5, 5.41) is 11.5. The molecule has 1 amide bonds. The van der Waals surface area contributed by atoms with E-state index in [1.165, 1.54) is 32.3 Å². The summed E-state index contributed by atoms with van der Waals surface area (Å²) in [6.07, 6.45) is 1.44. The number of thiazole rings is 1. The Hall–Kier alpha value is -4.64. The minimum absolute atomic E-state index is 0.00292. The molecule has 0 bridgehead atoms. The number of hydrogen-bond acceptors (Lipinski definition) is 10. The molecule has 2 aromatic carbocycles. The fraction of sp³-hybridized carbons (Fsp3) is 0.241. The highest BCUT2D eigenvalue weighted by Crippen LogP contribution is 2.45. The number of methoxy groups -OCH3 is 3. The Morgan fingerprint density at radius 3 is 2.35 bits per heavy atom. The number of esters is 1. The first-order chi connectivity index (χ1) is 19.2. The maximum atomic E-state index is 13.5. The zero-order valence-corrected chi connectivity index (χ0v) is 23.5. The number of nitrogens with zero attached hydrogens (tertiary/aromatic N) is 2. The average Bonchev–Trinajstić information content (AvgIpc) is 3.46. The SMILES string of the molecule is C=CCOC(=O)c1sc(N2C(=O)C(=O)/C(=C(/O)c3ccc(OC)c(C)c3)C2c2ccc(OC)c(OC)c2)nc1C. The number of aliphatic hydroxyl groups excluding tert-OH is 1. The van der Waals surface area contributed by atoms with Crippen LogP contribution in [0.1, 0.15) is 38.1 Å². The van der Waals surface area contributed by atoms with Crippen LogP contribution in [0, 0.1) is 13.8 Å². The predicted octanol–water partition coefficient (Wildman–Crippen LogP) is 4.75. The summed E-state index contributed by atoms with van der Waals surface area (Å²) < 4.78 is 21.3. The Bertz CT molecular complexity index is 1540. The van der Waals surface area contributed by atoms with Crippen LogP contribution in [0.4, 0.5) is 5.13 Å². The number of benzene rings is 2. The minimum Gasteiger partial charge on any atom is -0.507 e. The van der Waals surface area contributed by atoms with Crippen LogP contribution in [0.3, 0.4) is 0 Å². The Morgan fingerprint density at radius 1 is 1.05 bits per heavy atom. The molecule has 1 N–H and O–H groups in total. The predicted molar refractivity (Wildman–Crippen MR) is 149 cm³/mol. The first kappa shape index (κ1) is 28.4. The third-order valence-electron chi connectivity index (χ3n) is 6.35. The highest BCUT2D eigenvalue weighted by molar-refractivity contribution is 7.17. The van der Waals surface area contributed by atoms with E-state index in [0.29, 0.717) is 34.1 Å². The molecule has 208 valence electrons. The molecule has 0 aliphatic carbocycles. The van der Waals surface area contributed by atoms with Gasteiger partial charge in [-0.1, -0.05) is 30.1 Å². The maximum Gasteiger partial charge on any atom is 0.350 e. The van der Waals surface area contributed by atoms with Crippen LogP contribution in [0.5, 0.6) is 17.2 Å². The first-order valence-corrected chi connectivity index (χ1v) is 12.9. The Labute approximate surface area is 235 Å². The van der Waals surface area contributed by atoms with Gasteiger partial charge < -0.3 is 24.1 Å². The van der Waals surface area contributed by atoms with Gasteiger partial charge in [-0.15, -0.1) is 0 Å². The topological polar surface area (TPSA) is 124 Å². The normalized spacial score (nSPS) is 16.1. The quantitative estimate of drug-likeness (QED) is 0.129. The largest absolute Gasteiger partial charge is 0.507 e. The lowest BCUT2D eigenvalue weighted by atomic mass is 9.94. The van der Waals surface area contributed by atoms with E-state index in [9.17, 15) is 19.5 Å². The highest BCUT2D eigenvalue weighted by Gasteiger charge is 2.48. The van der Waals surface area contributed by atoms with Gasteiger partial charge in [-0.3, -0.25) is 14.5 Å². The van der Waals surface area contributed by atoms with Gasteiger partial charge in [-0.05, 0) is 55.3 Å². The number of rotatable bonds is 9. The summed E-state index contributed by atoms with van der Waals surface area (Å²) >= 11 is 0.910. The molecule has 1 aliphatic heterocycles. The number of hydrogen-bond donors (Lipinski definition) is 1. The van der Waals surface area contributed by atoms with E-state index in [1.807, 2.05) is 0 Å². The second-order valence-corrected chi connectivity index (χ2v) is 9.74. The molecule has 0 spiro atoms. The van der Waals surface area contributed by atoms with Gasteiger partial charge in [0.1, 0.15) is 23.0 Å². The molecule has 11 heteroatoms. The third-order valence-corrected chi connectivity index (χ3v) is 7.48. The van der Waals surface area contributed by atoms with Crippen LogP contribution in [0.2, 0.25) is 0 Å². The smallest absolute Gasteiger partial charge is 0.350 e. The standard InChI is InChI=1S/C29H28N2O8S/c1-7-12-39-28(35)26-16(3)30-29(40-26)31-23(17-8-11-20(37-5)21(14-17)38-6)22(25(33)27(31)34)24(32)18-9-10-19(36-4)15(2)13-18/h7-11,13-14,23,32H,1,12H2,2-6H3/b24-22+. The van der Waals surface area contributed by atoms with Crippen molar-refractivity contribution in [1.82, 2.24) is 4.98 Å². The molecule has 1 saturated heterocycles. The van der Waals surface area contributed by atoms with Crippen molar-refractivity contribution in [3.05, 3.63) is 81.9 Å². The average molecular weight is 565 g/mol. The molecule has 10 nitrogen and oxygen atoms in total. The molecule has 1 atom stereocenters. The number of carbonyl (C=O) groups excluding carboxylic acids is 3. The Balaban J connectivity index is 1.93. The van der Waals surface area contributed by atoms with Gasteiger partial charge in [0.25, 0.3) is 5.78 Å². The van der Waals surface area contributed by atoms with Crippen LogP contribution in [0.15, 0.2) is 54.6 Å². The zero-order valence-electron chi connectivity index (χ0n) is 22.6. The lowest BCUT2D eigenvalue weighted by molar-refractivity contribution is -0.132. The summed E-state index contributed by atoms with van der Waals surface area (Å²) in [6.45, 7) is 6.94. The number of aromatic nitrogens is 1. The fourth-order valence-corrected chi connectivity index (χ4v) is 5.41. The molecule has 1 fully saturated rings. The second-order valence-electron chi connectivity index (χ2n) is 8.77. The summed E-state index contributed by atoms with van der Waals surface area (Å²) in [7, 11) is 4.48. The van der Waals surface area contributed by atoms with Crippen molar-refractivity contribution < 1.29 is 38.4 Å². The van der Waals surface area contributed by atoms with Gasteiger partial charge in [0.2, 0.25) is 0 Å². The number of aryl methyl sites for hydroxylation is 2. The summed E-state index contributed by atoms with van der Waals surface area (Å²) in [5.74, 6) is -1.43. The van der Waals surface area contributed by atoms with Crippen LogP contribution >= 0.6 is 11.3 Å². The Kier molecular flexibility index (Phi) is 8.24. The molecule has 1 unspecified atom stereocenters. The lowest BCUT2D eigenvalue weighted by Gasteiger charge is -2.24. The number of carbonyl (C=O) groups is 3. The third kappa shape index (κ3) is 5.03. The molecule has 0 radical (unpaired) electrons. The van der Waals surface area contributed by atoms with Crippen LogP contribution in [0.25, 0.3) is 5.76 Å². The molecule has 2 heterocycles. The number of ketones is 1. The van der Waals surface area contributed by atoms with E-state index in [-0.39, 0.29) is 27.9 Å². The van der Waals surface area contributed by atoms with Gasteiger partial charge in [0.15, 0.2) is 16.6 Å². The van der Waals surface area contributed by atoms with Crippen molar-refractivity contribution in [2.24, 2.45) is 0 Å². The monoisotopic (exact) mass is 564 g/mol. The fourth-order valence-electron chi connectivity index (χ4n) is 4.42. The number of Topliss-reactive ketones (excluding diaryl/α,β-unsaturated/α-hetero) is 1. The van der Waals surface area contributed by atoms with E-state index in [2.05, 4.69) is 11.6 Å². The second kappa shape index (κ2) is 11.6. The van der Waals surface area contributed by atoms with Crippen molar-refractivity contribution in [2.75, 3.05) is 32.8 Å². The van der Waals surface area contributed by atoms with Crippen molar-refractivity contribution in [2.45, 2.75) is 19.9 Å². The van der Waals surface area contributed by atoms with Crippen molar-refractivity contribution >= 4 is 39.9 Å². The minimum atomic E-state index is -1.09. The van der Waals surface area contributed by atoms with E-state index in [1.54, 1.807) is 50.2 Å². The van der Waals surface area contributed by atoms with Gasteiger partial charge in [0.05, 0.1) is 38.6 Å². The van der Waals surface area contributed by atoms with Crippen molar-refractivity contribution in [3.63, 3.8) is 0 Å². The maximum absolute atomic E-state index is 13.5. The number of amides is 1. The molecular formula is C29H28N2O8S. The number of ether oxygens (including phenoxy) is 4. The molecule has 3 aromatic rings. The number of aliphatic hydroxyl groups is 1. The van der Waals surface area contributed by atoms with Crippen LogP contribution in [-0.2, 0) is 14.3 Å². The van der Waals surface area contributed by atoms with Gasteiger partial charge >= 0.3 is 11.9 Å². The molecular weight excluding hydrogens is 536 g/mol. The first-order valence-electron chi connectivity index (χ1n) is 12.1. The zero-order chi connectivity index (χ0) is 29.1. The molecule has 4 rings (SSSR count). The molecule has 0 saturated carbocycles. The summed E-state index contributed by atoms with van der Waals surface area (Å²) in [4.78, 5) is 45.4. The van der Waals surface area contributed by atoms with Crippen LogP contribution in [-0.4, -0.2) is 55.7 Å². The molecule has 1 aromatic heterocycles. The molecule has 40 heavy (non-hydrogen) atoms. The van der Waals surface area contributed by atoms with E-state index >= 15 is 0 Å². The van der Waals surface area contributed by atoms with Crippen molar-refractivity contribution in [3.8, 4) is 17.2 Å².